The van der Waals surface area contributed by atoms with Gasteiger partial charge in [0.25, 0.3) is 0 Å². The first-order valence-corrected chi connectivity index (χ1v) is 9.07. The first-order valence-electron chi connectivity index (χ1n) is 9.07. The van der Waals surface area contributed by atoms with Gasteiger partial charge in [-0.15, -0.1) is 5.73 Å². The molecule has 1 heteroatoms. The summed E-state index contributed by atoms with van der Waals surface area (Å²) in [5.74, 6) is 0. The van der Waals surface area contributed by atoms with E-state index in [2.05, 4.69) is 77.1 Å². The van der Waals surface area contributed by atoms with Gasteiger partial charge in [0.05, 0.1) is 0 Å². The fraction of sp³-hybridized carbons (Fsp3) is 0.208. The third kappa shape index (κ3) is 3.12. The summed E-state index contributed by atoms with van der Waals surface area (Å²) in [4.78, 5) is 0. The van der Waals surface area contributed by atoms with E-state index in [1.54, 1.807) is 0 Å². The molecule has 0 bridgehead atoms. The Labute approximate surface area is 149 Å². The van der Waals surface area contributed by atoms with E-state index < -0.39 is 0 Å². The van der Waals surface area contributed by atoms with E-state index >= 15 is 0 Å². The molecule has 2 aliphatic carbocycles. The molecule has 0 amide bonds. The van der Waals surface area contributed by atoms with Crippen LogP contribution in [-0.2, 0) is 6.54 Å². The van der Waals surface area contributed by atoms with Crippen LogP contribution in [0, 0.1) is 0 Å². The van der Waals surface area contributed by atoms with Crippen molar-refractivity contribution in [2.75, 3.05) is 0 Å². The lowest BCUT2D eigenvalue weighted by Crippen LogP contribution is -2.29. The molecule has 124 valence electrons. The molecular weight excluding hydrogens is 302 g/mol. The molecule has 1 aromatic heterocycles. The average Bonchev–Trinajstić information content (AvgIpc) is 2.80. The molecule has 0 atom stereocenters. The highest BCUT2D eigenvalue weighted by atomic mass is 15.0. The van der Waals surface area contributed by atoms with Crippen molar-refractivity contribution in [3.63, 3.8) is 0 Å². The molecule has 4 rings (SSSR count). The molecule has 0 fully saturated rings. The number of rotatable bonds is 3. The molecule has 1 nitrogen and oxygen atoms in total. The Morgan fingerprint density at radius 3 is 2.88 bits per heavy atom. The van der Waals surface area contributed by atoms with Crippen molar-refractivity contribution in [3.05, 3.63) is 88.2 Å². The number of nitrogens with zero attached hydrogens (tertiary/aromatic N) is 1. The van der Waals surface area contributed by atoms with Crippen molar-refractivity contribution in [2.45, 2.75) is 32.7 Å². The highest BCUT2D eigenvalue weighted by molar-refractivity contribution is 5.83. The topological polar surface area (TPSA) is 4.93 Å². The zero-order valence-corrected chi connectivity index (χ0v) is 14.7. The van der Waals surface area contributed by atoms with Crippen molar-refractivity contribution in [2.24, 2.45) is 0 Å². The number of hydrogen-bond acceptors (Lipinski definition) is 0. The Kier molecular flexibility index (Phi) is 4.41. The molecule has 25 heavy (non-hydrogen) atoms. The first-order chi connectivity index (χ1) is 12.4. The monoisotopic (exact) mass is 325 g/mol. The smallest absolute Gasteiger partial charge is 0.0494 e. The predicted octanol–water partition coefficient (Wildman–Crippen LogP) is 4.54. The molecule has 0 aliphatic heterocycles. The van der Waals surface area contributed by atoms with Crippen molar-refractivity contribution in [1.29, 1.82) is 0 Å². The Bertz CT molecular complexity index is 1080. The summed E-state index contributed by atoms with van der Waals surface area (Å²) >= 11 is 0. The number of allylic oxidation sites excluding steroid dienone is 7. The van der Waals surface area contributed by atoms with Crippen LogP contribution < -0.4 is 10.6 Å². The molecule has 2 aromatic rings. The lowest BCUT2D eigenvalue weighted by molar-refractivity contribution is 0.738. The zero-order chi connectivity index (χ0) is 17.1. The van der Waals surface area contributed by atoms with Crippen LogP contribution in [0.3, 0.4) is 0 Å². The van der Waals surface area contributed by atoms with Gasteiger partial charge in [0.15, 0.2) is 0 Å². The van der Waals surface area contributed by atoms with Crippen molar-refractivity contribution >= 4 is 23.1 Å². The predicted molar refractivity (Wildman–Crippen MR) is 108 cm³/mol. The van der Waals surface area contributed by atoms with E-state index in [1.807, 2.05) is 13.0 Å². The molecule has 1 aromatic carbocycles. The fourth-order valence-electron chi connectivity index (χ4n) is 3.68. The number of para-hydroxylation sites is 1. The van der Waals surface area contributed by atoms with Crippen LogP contribution in [-0.4, -0.2) is 4.57 Å². The summed E-state index contributed by atoms with van der Waals surface area (Å²) in [5, 5.41) is 4.06. The Morgan fingerprint density at radius 2 is 2.04 bits per heavy atom. The standard InChI is InChI=1S/C24H23N/c1-2-3-9-19-14-16-20(17-15-19)18-25-23-12-6-4-5-10-21(23)22-11-7-8-13-24(22)25/h2,4-5,7-14,16H,6,15,17-18H2,1H3. The third-order valence-electron chi connectivity index (χ3n) is 4.96. The van der Waals surface area contributed by atoms with Crippen LogP contribution in [0.5, 0.6) is 0 Å². The largest absolute Gasteiger partial charge is 0.337 e. The van der Waals surface area contributed by atoms with Crippen molar-refractivity contribution in [3.8, 4) is 0 Å². The number of hydrogen-bond donors (Lipinski definition) is 0. The summed E-state index contributed by atoms with van der Waals surface area (Å²) in [6, 6.07) is 8.76. The minimum Gasteiger partial charge on any atom is -0.337 e. The van der Waals surface area contributed by atoms with Gasteiger partial charge in [0.1, 0.15) is 0 Å². The van der Waals surface area contributed by atoms with Gasteiger partial charge >= 0.3 is 0 Å². The van der Waals surface area contributed by atoms with Crippen LogP contribution in [0.1, 0.15) is 26.2 Å². The van der Waals surface area contributed by atoms with Crippen LogP contribution in [0.4, 0.5) is 0 Å². The van der Waals surface area contributed by atoms with E-state index in [1.165, 1.54) is 32.6 Å². The van der Waals surface area contributed by atoms with Gasteiger partial charge in [0.2, 0.25) is 0 Å². The van der Waals surface area contributed by atoms with E-state index in [0.29, 0.717) is 0 Å². The Morgan fingerprint density at radius 1 is 1.12 bits per heavy atom. The summed E-state index contributed by atoms with van der Waals surface area (Å²) < 4.78 is 2.49. The minimum absolute atomic E-state index is 0.970. The summed E-state index contributed by atoms with van der Waals surface area (Å²) in [7, 11) is 0. The molecule has 1 heterocycles. The van der Waals surface area contributed by atoms with Crippen LogP contribution in [0.25, 0.3) is 23.1 Å². The number of aromatic nitrogens is 1. The Hall–Kier alpha value is -2.76. The molecule has 0 unspecified atom stereocenters. The number of benzene rings is 1. The van der Waals surface area contributed by atoms with Gasteiger partial charge in [0, 0.05) is 28.0 Å². The quantitative estimate of drug-likeness (QED) is 0.730. The molecule has 0 saturated carbocycles. The maximum atomic E-state index is 3.18. The van der Waals surface area contributed by atoms with Gasteiger partial charge in [-0.1, -0.05) is 60.2 Å². The third-order valence-corrected chi connectivity index (χ3v) is 4.96. The second kappa shape index (κ2) is 7.01. The zero-order valence-electron chi connectivity index (χ0n) is 14.7. The van der Waals surface area contributed by atoms with Crippen molar-refractivity contribution in [1.82, 2.24) is 4.57 Å². The maximum Gasteiger partial charge on any atom is 0.0494 e. The fourth-order valence-corrected chi connectivity index (χ4v) is 3.68. The lowest BCUT2D eigenvalue weighted by atomic mass is 9.98. The summed E-state index contributed by atoms with van der Waals surface area (Å²) in [6.45, 7) is 2.98. The lowest BCUT2D eigenvalue weighted by Gasteiger charge is -2.14. The van der Waals surface area contributed by atoms with E-state index in [0.717, 1.165) is 25.8 Å². The van der Waals surface area contributed by atoms with E-state index in [9.17, 15) is 0 Å². The molecule has 0 spiro atoms. The van der Waals surface area contributed by atoms with Gasteiger partial charge in [-0.05, 0) is 50.0 Å². The Balaban J connectivity index is 1.78. The molecule has 0 N–H and O–H groups in total. The highest BCUT2D eigenvalue weighted by Gasteiger charge is 2.11. The number of fused-ring (bicyclic) bond motifs is 3. The molecular formula is C24H23N. The van der Waals surface area contributed by atoms with Gasteiger partial charge in [-0.2, -0.15) is 0 Å². The second-order valence-electron chi connectivity index (χ2n) is 6.60. The molecule has 2 aliphatic rings. The van der Waals surface area contributed by atoms with Crippen LogP contribution in [0.2, 0.25) is 0 Å². The molecule has 0 saturated heterocycles. The summed E-state index contributed by atoms with van der Waals surface area (Å²) in [6.07, 6.45) is 20.8. The average molecular weight is 325 g/mol. The maximum absolute atomic E-state index is 3.18. The van der Waals surface area contributed by atoms with E-state index in [4.69, 9.17) is 0 Å². The summed E-state index contributed by atoms with van der Waals surface area (Å²) in [5.41, 5.74) is 7.37. The molecule has 0 radical (unpaired) electrons. The second-order valence-corrected chi connectivity index (χ2v) is 6.60. The van der Waals surface area contributed by atoms with E-state index in [-0.39, 0.29) is 0 Å². The van der Waals surface area contributed by atoms with Crippen molar-refractivity contribution < 1.29 is 0 Å². The normalized spacial score (nSPS) is 15.9. The highest BCUT2D eigenvalue weighted by Crippen LogP contribution is 2.21. The van der Waals surface area contributed by atoms with Crippen LogP contribution in [0.15, 0.2) is 77.6 Å². The first kappa shape index (κ1) is 15.7. The SMILES string of the molecule is CC=C=CC1=CC=C(Cn2c3c(c4ccccc42)=CC=CCC=3)CC1. The van der Waals surface area contributed by atoms with Gasteiger partial charge in [-0.25, -0.2) is 0 Å². The minimum atomic E-state index is 0.970. The van der Waals surface area contributed by atoms with Gasteiger partial charge in [-0.3, -0.25) is 0 Å². The van der Waals surface area contributed by atoms with Crippen LogP contribution >= 0.6 is 0 Å². The van der Waals surface area contributed by atoms with Gasteiger partial charge < -0.3 is 4.57 Å².